The van der Waals surface area contributed by atoms with E-state index >= 15 is 0 Å². The van der Waals surface area contributed by atoms with Crippen molar-refractivity contribution in [2.45, 2.75) is 13.5 Å². The largest absolute Gasteiger partial charge is 0.285 e. The third-order valence-corrected chi connectivity index (χ3v) is 6.20. The topological polar surface area (TPSA) is 94.3 Å². The van der Waals surface area contributed by atoms with E-state index in [9.17, 15) is 4.79 Å². The van der Waals surface area contributed by atoms with Crippen LogP contribution in [0.15, 0.2) is 84.7 Å². The summed E-state index contributed by atoms with van der Waals surface area (Å²) in [5.74, 6) is 0. The number of rotatable bonds is 5. The molecule has 2 aromatic carbocycles. The van der Waals surface area contributed by atoms with Gasteiger partial charge in [-0.2, -0.15) is 10.2 Å². The quantitative estimate of drug-likeness (QED) is 0.409. The summed E-state index contributed by atoms with van der Waals surface area (Å²) in [4.78, 5) is 22.7. The van der Waals surface area contributed by atoms with Crippen molar-refractivity contribution in [1.29, 1.82) is 0 Å². The highest BCUT2D eigenvalue weighted by Gasteiger charge is 2.20. The first-order valence-electron chi connectivity index (χ1n) is 11.2. The van der Waals surface area contributed by atoms with E-state index in [0.29, 0.717) is 29.0 Å². The van der Waals surface area contributed by atoms with E-state index in [1.807, 2.05) is 66.2 Å². The van der Waals surface area contributed by atoms with E-state index in [2.05, 4.69) is 26.7 Å². The maximum Gasteiger partial charge on any atom is 0.263 e. The fraction of sp³-hybridized carbons (Fsp3) is 0.0741. The highest BCUT2D eigenvalue weighted by Crippen LogP contribution is 2.29. The predicted molar refractivity (Wildman–Crippen MR) is 136 cm³/mol. The highest BCUT2D eigenvalue weighted by atomic mass is 16.1. The highest BCUT2D eigenvalue weighted by molar-refractivity contribution is 5.96. The van der Waals surface area contributed by atoms with Crippen LogP contribution < -0.4 is 5.56 Å². The lowest BCUT2D eigenvalue weighted by Gasteiger charge is -2.17. The lowest BCUT2D eigenvalue weighted by atomic mass is 10.1. The molecule has 0 amide bonds. The molecule has 8 heteroatoms. The Morgan fingerprint density at radius 1 is 1.09 bits per heavy atom. The molecule has 0 fully saturated rings. The van der Waals surface area contributed by atoms with Crippen molar-refractivity contribution in [2.75, 3.05) is 0 Å². The number of aromatic amines is 1. The van der Waals surface area contributed by atoms with Gasteiger partial charge in [-0.05, 0) is 42.1 Å². The molecular weight excluding hydrogens is 438 g/mol. The number of H-pyrrole nitrogens is 1. The van der Waals surface area contributed by atoms with Crippen LogP contribution in [0.2, 0.25) is 0 Å². The van der Waals surface area contributed by atoms with Gasteiger partial charge in [0.05, 0.1) is 29.5 Å². The zero-order valence-corrected chi connectivity index (χ0v) is 19.0. The molecule has 0 aliphatic rings. The van der Waals surface area contributed by atoms with Crippen molar-refractivity contribution in [1.82, 2.24) is 34.5 Å². The molecule has 4 aromatic heterocycles. The van der Waals surface area contributed by atoms with Gasteiger partial charge in [0.25, 0.3) is 5.56 Å². The standard InChI is InChI=1S/C27H21N7O/c1-3-22-24-25(19-13-30-31-14-19)32-33(26(24)29-16-28-22)15-20-12-18-9-5-6-10-21(18)27(35)34(20)23-11-7-4-8-17(23)2/h3-14,16H,1,15H2,2H3,(H,30,31). The van der Waals surface area contributed by atoms with Crippen molar-refractivity contribution < 1.29 is 0 Å². The number of benzene rings is 2. The molecule has 4 heterocycles. The number of pyridine rings is 1. The number of hydrogen-bond donors (Lipinski definition) is 1. The minimum Gasteiger partial charge on any atom is -0.285 e. The Morgan fingerprint density at radius 3 is 2.71 bits per heavy atom. The van der Waals surface area contributed by atoms with Crippen LogP contribution in [0.25, 0.3) is 44.8 Å². The molecule has 0 atom stereocenters. The van der Waals surface area contributed by atoms with Gasteiger partial charge in [0.1, 0.15) is 12.0 Å². The van der Waals surface area contributed by atoms with Gasteiger partial charge in [-0.25, -0.2) is 14.6 Å². The summed E-state index contributed by atoms with van der Waals surface area (Å²) < 4.78 is 3.59. The molecule has 8 nitrogen and oxygen atoms in total. The summed E-state index contributed by atoms with van der Waals surface area (Å²) in [7, 11) is 0. The van der Waals surface area contributed by atoms with Crippen LogP contribution in [-0.4, -0.2) is 34.5 Å². The van der Waals surface area contributed by atoms with E-state index in [-0.39, 0.29) is 5.56 Å². The van der Waals surface area contributed by atoms with Crippen molar-refractivity contribution in [3.63, 3.8) is 0 Å². The molecule has 170 valence electrons. The average Bonchev–Trinajstić information content (AvgIpc) is 3.54. The van der Waals surface area contributed by atoms with E-state index < -0.39 is 0 Å². The summed E-state index contributed by atoms with van der Waals surface area (Å²) in [6.45, 7) is 6.24. The molecule has 0 bridgehead atoms. The summed E-state index contributed by atoms with van der Waals surface area (Å²) >= 11 is 0. The third kappa shape index (κ3) is 3.34. The van der Waals surface area contributed by atoms with Crippen molar-refractivity contribution in [3.05, 3.63) is 107 Å². The van der Waals surface area contributed by atoms with Crippen LogP contribution in [0.3, 0.4) is 0 Å². The van der Waals surface area contributed by atoms with Gasteiger partial charge in [0, 0.05) is 22.8 Å². The first kappa shape index (κ1) is 20.7. The number of aryl methyl sites for hydroxylation is 1. The van der Waals surface area contributed by atoms with Gasteiger partial charge in [-0.3, -0.25) is 14.5 Å². The molecule has 0 spiro atoms. The molecule has 0 saturated carbocycles. The molecule has 6 aromatic rings. The maximum absolute atomic E-state index is 13.7. The van der Waals surface area contributed by atoms with Crippen molar-refractivity contribution in [2.24, 2.45) is 0 Å². The summed E-state index contributed by atoms with van der Waals surface area (Å²) in [6.07, 6.45) is 6.70. The van der Waals surface area contributed by atoms with Crippen LogP contribution in [-0.2, 0) is 6.54 Å². The minimum absolute atomic E-state index is 0.0691. The summed E-state index contributed by atoms with van der Waals surface area (Å²) in [5, 5.41) is 14.1. The molecule has 0 aliphatic carbocycles. The number of aromatic nitrogens is 7. The van der Waals surface area contributed by atoms with E-state index in [1.165, 1.54) is 6.33 Å². The van der Waals surface area contributed by atoms with Gasteiger partial charge >= 0.3 is 0 Å². The Bertz CT molecular complexity index is 1780. The average molecular weight is 460 g/mol. The molecule has 1 N–H and O–H groups in total. The van der Waals surface area contributed by atoms with Crippen molar-refractivity contribution in [3.8, 4) is 16.9 Å². The van der Waals surface area contributed by atoms with E-state index in [0.717, 1.165) is 33.3 Å². The van der Waals surface area contributed by atoms with Gasteiger partial charge in [0.2, 0.25) is 0 Å². The molecule has 0 aliphatic heterocycles. The summed E-state index contributed by atoms with van der Waals surface area (Å²) in [5.41, 5.74) is 5.44. The number of hydrogen-bond acceptors (Lipinski definition) is 5. The van der Waals surface area contributed by atoms with Gasteiger partial charge in [0.15, 0.2) is 5.65 Å². The van der Waals surface area contributed by atoms with Crippen molar-refractivity contribution >= 4 is 27.9 Å². The van der Waals surface area contributed by atoms with Crippen LogP contribution in [0.1, 0.15) is 17.0 Å². The first-order valence-corrected chi connectivity index (χ1v) is 11.2. The zero-order chi connectivity index (χ0) is 23.9. The van der Waals surface area contributed by atoms with Gasteiger partial charge < -0.3 is 0 Å². The van der Waals surface area contributed by atoms with Gasteiger partial charge in [-0.1, -0.05) is 43.0 Å². The van der Waals surface area contributed by atoms with Crippen LogP contribution in [0.5, 0.6) is 0 Å². The SMILES string of the molecule is C=Cc1ncnc2c1c(-c1cn[nH]c1)nn2Cc1cc2ccccc2c(=O)n1-c1ccccc1C. The second kappa shape index (κ2) is 8.18. The summed E-state index contributed by atoms with van der Waals surface area (Å²) in [6, 6.07) is 17.6. The fourth-order valence-corrected chi connectivity index (χ4v) is 4.54. The Hall–Kier alpha value is -4.85. The zero-order valence-electron chi connectivity index (χ0n) is 19.0. The fourth-order valence-electron chi connectivity index (χ4n) is 4.54. The number of nitrogens with zero attached hydrogens (tertiary/aromatic N) is 6. The second-order valence-electron chi connectivity index (χ2n) is 8.30. The third-order valence-electron chi connectivity index (χ3n) is 6.20. The van der Waals surface area contributed by atoms with Gasteiger partial charge in [-0.15, -0.1) is 0 Å². The van der Waals surface area contributed by atoms with E-state index in [1.54, 1.807) is 23.0 Å². The number of fused-ring (bicyclic) bond motifs is 2. The minimum atomic E-state index is -0.0691. The van der Waals surface area contributed by atoms with Crippen LogP contribution >= 0.6 is 0 Å². The van der Waals surface area contributed by atoms with Crippen LogP contribution in [0, 0.1) is 6.92 Å². The smallest absolute Gasteiger partial charge is 0.263 e. The first-order chi connectivity index (χ1) is 17.2. The molecule has 35 heavy (non-hydrogen) atoms. The molecule has 0 radical (unpaired) electrons. The predicted octanol–water partition coefficient (Wildman–Crippen LogP) is 4.52. The maximum atomic E-state index is 13.7. The second-order valence-corrected chi connectivity index (χ2v) is 8.30. The Kier molecular flexibility index (Phi) is 4.84. The van der Waals surface area contributed by atoms with E-state index in [4.69, 9.17) is 5.10 Å². The Labute approximate surface area is 200 Å². The Morgan fingerprint density at radius 2 is 1.91 bits per heavy atom. The normalized spacial score (nSPS) is 11.3. The molecule has 0 saturated heterocycles. The lowest BCUT2D eigenvalue weighted by Crippen LogP contribution is -2.24. The van der Waals surface area contributed by atoms with Crippen LogP contribution in [0.4, 0.5) is 0 Å². The Balaban J connectivity index is 1.63. The number of nitrogens with one attached hydrogen (secondary N) is 1. The monoisotopic (exact) mass is 459 g/mol. The lowest BCUT2D eigenvalue weighted by molar-refractivity contribution is 0.671. The number of para-hydroxylation sites is 1. The molecule has 6 rings (SSSR count). The molecule has 0 unspecified atom stereocenters. The molecular formula is C27H21N7O.